The van der Waals surface area contributed by atoms with Gasteiger partial charge in [-0.3, -0.25) is 0 Å². The molecule has 2 aliphatic rings. The Balaban J connectivity index is 1.64. The Bertz CT molecular complexity index is 912. The van der Waals surface area contributed by atoms with E-state index < -0.39 is 30.1 Å². The van der Waals surface area contributed by atoms with E-state index in [2.05, 4.69) is 0 Å². The van der Waals surface area contributed by atoms with Crippen LogP contribution in [0.4, 0.5) is 24.5 Å². The number of halogens is 3. The minimum absolute atomic E-state index is 0.447. The van der Waals surface area contributed by atoms with Crippen LogP contribution in [0.2, 0.25) is 0 Å². The number of alkyl halides is 3. The second-order valence-electron chi connectivity index (χ2n) is 8.71. The van der Waals surface area contributed by atoms with Crippen molar-refractivity contribution in [3.05, 3.63) is 48.0 Å². The highest BCUT2D eigenvalue weighted by molar-refractivity contribution is 6.62. The van der Waals surface area contributed by atoms with E-state index in [1.165, 1.54) is 12.1 Å². The van der Waals surface area contributed by atoms with Gasteiger partial charge in [-0.1, -0.05) is 6.07 Å². The summed E-state index contributed by atoms with van der Waals surface area (Å²) in [6.45, 7) is 9.17. The van der Waals surface area contributed by atoms with Crippen molar-refractivity contribution in [2.24, 2.45) is 0 Å². The number of benzene rings is 2. The Kier molecular flexibility index (Phi) is 5.06. The summed E-state index contributed by atoms with van der Waals surface area (Å²) in [5.41, 5.74) is 0.802. The van der Waals surface area contributed by atoms with Gasteiger partial charge in [0.2, 0.25) is 0 Å². The maximum absolute atomic E-state index is 12.9. The van der Waals surface area contributed by atoms with E-state index in [0.717, 1.165) is 29.7 Å². The van der Waals surface area contributed by atoms with Crippen molar-refractivity contribution in [3.8, 4) is 5.75 Å². The summed E-state index contributed by atoms with van der Waals surface area (Å²) in [6.07, 6.45) is -3.60. The molecule has 0 radical (unpaired) electrons. The monoisotopic (exact) mass is 419 g/mol. The van der Waals surface area contributed by atoms with Crippen LogP contribution in [0.3, 0.4) is 0 Å². The van der Waals surface area contributed by atoms with Crippen molar-refractivity contribution in [3.63, 3.8) is 0 Å². The molecule has 0 aromatic heterocycles. The molecule has 2 aromatic rings. The molecule has 0 atom stereocenters. The molecule has 30 heavy (non-hydrogen) atoms. The second-order valence-corrected chi connectivity index (χ2v) is 8.71. The van der Waals surface area contributed by atoms with Crippen LogP contribution >= 0.6 is 0 Å². The fourth-order valence-electron chi connectivity index (χ4n) is 3.62. The third kappa shape index (κ3) is 3.78. The highest BCUT2D eigenvalue weighted by atomic mass is 19.4. The second kappa shape index (κ2) is 7.20. The molecule has 2 aromatic carbocycles. The summed E-state index contributed by atoms with van der Waals surface area (Å²) in [5.74, 6) is 0.666. The van der Waals surface area contributed by atoms with E-state index in [9.17, 15) is 13.2 Å². The molecule has 0 spiro atoms. The van der Waals surface area contributed by atoms with Gasteiger partial charge in [0.25, 0.3) is 0 Å². The molecule has 2 aliphatic heterocycles. The van der Waals surface area contributed by atoms with E-state index in [0.29, 0.717) is 24.6 Å². The summed E-state index contributed by atoms with van der Waals surface area (Å²) in [4.78, 5) is 1.98. The van der Waals surface area contributed by atoms with Crippen molar-refractivity contribution < 1.29 is 27.2 Å². The van der Waals surface area contributed by atoms with Crippen molar-refractivity contribution in [1.82, 2.24) is 0 Å². The van der Waals surface area contributed by atoms with Crippen LogP contribution in [-0.4, -0.2) is 31.5 Å². The first-order chi connectivity index (χ1) is 14.0. The van der Waals surface area contributed by atoms with Gasteiger partial charge in [0.05, 0.1) is 29.1 Å². The third-order valence-electron chi connectivity index (χ3n) is 6.09. The van der Waals surface area contributed by atoms with Gasteiger partial charge in [0.1, 0.15) is 5.75 Å². The normalized spacial score (nSPS) is 20.5. The summed E-state index contributed by atoms with van der Waals surface area (Å²) in [7, 11) is -0.508. The molecule has 160 valence electrons. The topological polar surface area (TPSA) is 30.9 Å². The van der Waals surface area contributed by atoms with Crippen molar-refractivity contribution >= 4 is 24.0 Å². The van der Waals surface area contributed by atoms with Gasteiger partial charge in [-0.25, -0.2) is 0 Å². The zero-order valence-corrected chi connectivity index (χ0v) is 17.5. The standard InChI is InChI=1S/C22H25BF3NO3/c1-20(2)21(3,4)30-23(29-20)16-8-11-18-19(14-16)28-13-5-12-27(18)17-9-6-15(7-10-17)22(24,25)26/h6-11,14H,5,12-13H2,1-4H3. The largest absolute Gasteiger partial charge is 0.494 e. The van der Waals surface area contributed by atoms with Crippen molar-refractivity contribution in [2.75, 3.05) is 18.1 Å². The molecule has 2 heterocycles. The maximum atomic E-state index is 12.9. The lowest BCUT2D eigenvalue weighted by Gasteiger charge is -2.32. The van der Waals surface area contributed by atoms with E-state index in [4.69, 9.17) is 14.0 Å². The fourth-order valence-corrected chi connectivity index (χ4v) is 3.62. The molecule has 0 bridgehead atoms. The van der Waals surface area contributed by atoms with Gasteiger partial charge < -0.3 is 18.9 Å². The molecule has 0 unspecified atom stereocenters. The van der Waals surface area contributed by atoms with Crippen molar-refractivity contribution in [2.45, 2.75) is 51.5 Å². The average Bonchev–Trinajstić information content (AvgIpc) is 2.81. The summed E-state index contributed by atoms with van der Waals surface area (Å²) in [5, 5.41) is 0. The highest BCUT2D eigenvalue weighted by Gasteiger charge is 2.51. The number of fused-ring (bicyclic) bond motifs is 1. The van der Waals surface area contributed by atoms with Crippen LogP contribution in [0, 0.1) is 0 Å². The van der Waals surface area contributed by atoms with Gasteiger partial charge in [-0.05, 0) is 76.0 Å². The van der Waals surface area contributed by atoms with Crippen LogP contribution in [0.25, 0.3) is 0 Å². The minimum atomic E-state index is -4.35. The van der Waals surface area contributed by atoms with Crippen LogP contribution in [0.1, 0.15) is 39.7 Å². The zero-order valence-electron chi connectivity index (χ0n) is 17.5. The first-order valence-electron chi connectivity index (χ1n) is 10.1. The summed E-state index contributed by atoms with van der Waals surface area (Å²) >= 11 is 0. The quantitative estimate of drug-likeness (QED) is 0.647. The fraction of sp³-hybridized carbons (Fsp3) is 0.455. The third-order valence-corrected chi connectivity index (χ3v) is 6.09. The molecule has 0 amide bonds. The van der Waals surface area contributed by atoms with Gasteiger partial charge >= 0.3 is 13.3 Å². The molecule has 0 N–H and O–H groups in total. The van der Waals surface area contributed by atoms with E-state index >= 15 is 0 Å². The van der Waals surface area contributed by atoms with E-state index in [-0.39, 0.29) is 0 Å². The molecular formula is C22H25BF3NO3. The Morgan fingerprint density at radius 2 is 1.57 bits per heavy atom. The Morgan fingerprint density at radius 1 is 0.933 bits per heavy atom. The molecule has 0 aliphatic carbocycles. The maximum Gasteiger partial charge on any atom is 0.494 e. The SMILES string of the molecule is CC1(C)OB(c2ccc3c(c2)OCCCN3c2ccc(C(F)(F)F)cc2)OC1(C)C. The van der Waals surface area contributed by atoms with Crippen LogP contribution in [0.15, 0.2) is 42.5 Å². The predicted molar refractivity (Wildman–Crippen MR) is 111 cm³/mol. The number of rotatable bonds is 2. The lowest BCUT2D eigenvalue weighted by molar-refractivity contribution is -0.137. The van der Waals surface area contributed by atoms with Gasteiger partial charge in [0.15, 0.2) is 0 Å². The summed E-state index contributed by atoms with van der Waals surface area (Å²) in [6, 6.07) is 11.0. The molecule has 1 fully saturated rings. The number of ether oxygens (including phenoxy) is 1. The number of nitrogens with zero attached hydrogens (tertiary/aromatic N) is 1. The van der Waals surface area contributed by atoms with Crippen LogP contribution < -0.4 is 15.1 Å². The number of hydrogen-bond acceptors (Lipinski definition) is 4. The van der Waals surface area contributed by atoms with E-state index in [1.54, 1.807) is 0 Å². The Morgan fingerprint density at radius 3 is 2.17 bits per heavy atom. The molecule has 0 saturated carbocycles. The lowest BCUT2D eigenvalue weighted by atomic mass is 9.79. The molecule has 1 saturated heterocycles. The van der Waals surface area contributed by atoms with Gasteiger partial charge in [0, 0.05) is 12.2 Å². The Hall–Kier alpha value is -2.19. The Labute approximate surface area is 175 Å². The number of anilines is 2. The average molecular weight is 419 g/mol. The number of hydrogen-bond donors (Lipinski definition) is 0. The molecule has 4 nitrogen and oxygen atoms in total. The van der Waals surface area contributed by atoms with Gasteiger partial charge in [-0.2, -0.15) is 13.2 Å². The van der Waals surface area contributed by atoms with E-state index in [1.807, 2.05) is 50.8 Å². The first kappa shape index (κ1) is 21.1. The van der Waals surface area contributed by atoms with Crippen LogP contribution in [-0.2, 0) is 15.5 Å². The molecule has 8 heteroatoms. The smallest absolute Gasteiger partial charge is 0.491 e. The zero-order chi connectivity index (χ0) is 21.7. The van der Waals surface area contributed by atoms with Crippen molar-refractivity contribution in [1.29, 1.82) is 0 Å². The lowest BCUT2D eigenvalue weighted by Crippen LogP contribution is -2.41. The van der Waals surface area contributed by atoms with Crippen LogP contribution in [0.5, 0.6) is 5.75 Å². The summed E-state index contributed by atoms with van der Waals surface area (Å²) < 4.78 is 56.9. The first-order valence-corrected chi connectivity index (χ1v) is 10.1. The highest BCUT2D eigenvalue weighted by Crippen LogP contribution is 2.39. The van der Waals surface area contributed by atoms with Gasteiger partial charge in [-0.15, -0.1) is 0 Å². The predicted octanol–water partition coefficient (Wildman–Crippen LogP) is 4.93. The molecule has 4 rings (SSSR count). The minimum Gasteiger partial charge on any atom is -0.491 e. The molecular weight excluding hydrogens is 394 g/mol.